The van der Waals surface area contributed by atoms with Gasteiger partial charge in [-0.2, -0.15) is 0 Å². The number of nitrogens with zero attached hydrogens (tertiary/aromatic N) is 1. The molecule has 2 aliphatic rings. The van der Waals surface area contributed by atoms with Crippen LogP contribution in [0.3, 0.4) is 0 Å². The van der Waals surface area contributed by atoms with Crippen molar-refractivity contribution in [2.45, 2.75) is 25.3 Å². The molecular weight excluding hydrogens is 248 g/mol. The van der Waals surface area contributed by atoms with Crippen LogP contribution in [0, 0.1) is 6.92 Å². The summed E-state index contributed by atoms with van der Waals surface area (Å²) in [7, 11) is 0. The van der Waals surface area contributed by atoms with Gasteiger partial charge in [-0.1, -0.05) is 17.7 Å². The zero-order valence-corrected chi connectivity index (χ0v) is 11.5. The maximum absolute atomic E-state index is 9.04. The largest absolute Gasteiger partial charge is 0.395 e. The summed E-state index contributed by atoms with van der Waals surface area (Å²) >= 11 is 0. The summed E-state index contributed by atoms with van der Waals surface area (Å²) in [5, 5.41) is 12.7. The Hall–Kier alpha value is -0.770. The van der Waals surface area contributed by atoms with Gasteiger partial charge in [0.1, 0.15) is 0 Å². The molecule has 2 heterocycles. The number of aryl methyl sites for hydroxylation is 1. The molecule has 0 unspecified atom stereocenters. The number of benzene rings is 1. The van der Waals surface area contributed by atoms with Gasteiger partial charge in [-0.3, -0.25) is 0 Å². The predicted octanol–water partition coefficient (Wildman–Crippen LogP) is 1.99. The van der Waals surface area contributed by atoms with E-state index >= 15 is 0 Å². The van der Waals surface area contributed by atoms with Gasteiger partial charge in [-0.05, 0) is 25.0 Å². The fraction of sp³-hybridized carbons (Fsp3) is 0.571. The van der Waals surface area contributed by atoms with Crippen molar-refractivity contribution in [3.8, 4) is 0 Å². The molecule has 0 aliphatic carbocycles. The topological polar surface area (TPSA) is 35.5 Å². The molecule has 2 aliphatic heterocycles. The van der Waals surface area contributed by atoms with Crippen LogP contribution in [0.25, 0.3) is 0 Å². The van der Waals surface area contributed by atoms with Crippen LogP contribution in [0.2, 0.25) is 0 Å². The minimum absolute atomic E-state index is 0. The summed E-state index contributed by atoms with van der Waals surface area (Å²) in [4.78, 5) is 2.38. The van der Waals surface area contributed by atoms with Gasteiger partial charge < -0.3 is 15.3 Å². The zero-order valence-electron chi connectivity index (χ0n) is 10.7. The van der Waals surface area contributed by atoms with Gasteiger partial charge in [-0.15, -0.1) is 12.4 Å². The molecule has 0 radical (unpaired) electrons. The lowest BCUT2D eigenvalue weighted by molar-refractivity contribution is 0.158. The number of hydrogen-bond donors (Lipinski definition) is 2. The third-order valence-electron chi connectivity index (χ3n) is 4.06. The molecule has 1 fully saturated rings. The number of β-amino-alcohol motifs (C(OH)–C–C–N with tert-alkyl or cyclic N) is 1. The summed E-state index contributed by atoms with van der Waals surface area (Å²) in [5.74, 6) is 0.602. The van der Waals surface area contributed by atoms with Crippen molar-refractivity contribution in [3.05, 3.63) is 29.3 Å². The molecular formula is C14H21ClN2O. The molecule has 0 spiro atoms. The smallest absolute Gasteiger partial charge is 0.0558 e. The van der Waals surface area contributed by atoms with Crippen LogP contribution in [-0.4, -0.2) is 42.3 Å². The molecule has 2 N–H and O–H groups in total. The van der Waals surface area contributed by atoms with Crippen molar-refractivity contribution in [2.75, 3.05) is 31.6 Å². The van der Waals surface area contributed by atoms with E-state index in [9.17, 15) is 0 Å². The summed E-state index contributed by atoms with van der Waals surface area (Å²) in [5.41, 5.74) is 4.12. The Morgan fingerprint density at radius 1 is 1.44 bits per heavy atom. The third-order valence-corrected chi connectivity index (χ3v) is 4.06. The van der Waals surface area contributed by atoms with Gasteiger partial charge in [0.15, 0.2) is 0 Å². The number of halogens is 1. The fourth-order valence-electron chi connectivity index (χ4n) is 3.17. The van der Waals surface area contributed by atoms with Crippen LogP contribution in [0.15, 0.2) is 18.2 Å². The van der Waals surface area contributed by atoms with Gasteiger partial charge >= 0.3 is 0 Å². The Bertz CT molecular complexity index is 424. The molecule has 1 aromatic rings. The van der Waals surface area contributed by atoms with E-state index < -0.39 is 0 Å². The van der Waals surface area contributed by atoms with Crippen LogP contribution in [0.4, 0.5) is 5.69 Å². The number of anilines is 1. The first-order valence-corrected chi connectivity index (χ1v) is 6.48. The maximum atomic E-state index is 9.04. The van der Waals surface area contributed by atoms with Gasteiger partial charge in [-0.25, -0.2) is 0 Å². The van der Waals surface area contributed by atoms with Gasteiger partial charge in [0, 0.05) is 37.3 Å². The van der Waals surface area contributed by atoms with Crippen molar-refractivity contribution in [1.82, 2.24) is 4.90 Å². The molecule has 1 aromatic carbocycles. The summed E-state index contributed by atoms with van der Waals surface area (Å²) in [6.07, 6.45) is 1.18. The molecule has 0 amide bonds. The number of aliphatic hydroxyl groups is 1. The molecule has 0 bridgehead atoms. The van der Waals surface area contributed by atoms with Crippen molar-refractivity contribution in [1.29, 1.82) is 0 Å². The average molecular weight is 269 g/mol. The number of piperidine rings is 1. The molecule has 2 atom stereocenters. The van der Waals surface area contributed by atoms with Gasteiger partial charge in [0.2, 0.25) is 0 Å². The second kappa shape index (κ2) is 5.47. The highest BCUT2D eigenvalue weighted by Gasteiger charge is 2.36. The minimum Gasteiger partial charge on any atom is -0.395 e. The standard InChI is InChI=1S/C14H20N2O.ClH/c1-10-2-3-13-11(8-10)12-9-16(6-7-17)5-4-14(12)15-13;/h2-3,8,12,14-15,17H,4-7,9H2,1H3;1H/t12-,14-;/m1./s1. The number of nitrogens with one attached hydrogen (secondary N) is 1. The lowest BCUT2D eigenvalue weighted by Crippen LogP contribution is -2.43. The molecule has 3 rings (SSSR count). The van der Waals surface area contributed by atoms with E-state index in [2.05, 4.69) is 35.3 Å². The fourth-order valence-corrected chi connectivity index (χ4v) is 3.17. The van der Waals surface area contributed by atoms with Crippen LogP contribution >= 0.6 is 12.4 Å². The summed E-state index contributed by atoms with van der Waals surface area (Å²) in [6.45, 7) is 5.41. The quantitative estimate of drug-likeness (QED) is 0.861. The molecule has 1 saturated heterocycles. The van der Waals surface area contributed by atoms with Crippen molar-refractivity contribution >= 4 is 18.1 Å². The third kappa shape index (κ3) is 2.35. The molecule has 0 aromatic heterocycles. The molecule has 18 heavy (non-hydrogen) atoms. The van der Waals surface area contributed by atoms with E-state index in [1.54, 1.807) is 0 Å². The van der Waals surface area contributed by atoms with E-state index in [0.29, 0.717) is 12.0 Å². The number of hydrogen-bond acceptors (Lipinski definition) is 3. The van der Waals surface area contributed by atoms with Crippen LogP contribution < -0.4 is 5.32 Å². The lowest BCUT2D eigenvalue weighted by atomic mass is 9.89. The first-order chi connectivity index (χ1) is 8.28. The number of fused-ring (bicyclic) bond motifs is 3. The molecule has 3 nitrogen and oxygen atoms in total. The highest BCUT2D eigenvalue weighted by Crippen LogP contribution is 2.40. The Morgan fingerprint density at radius 3 is 3.06 bits per heavy atom. The van der Waals surface area contributed by atoms with Crippen LogP contribution in [0.1, 0.15) is 23.5 Å². The number of likely N-dealkylation sites (tertiary alicyclic amines) is 1. The van der Waals surface area contributed by atoms with Crippen molar-refractivity contribution < 1.29 is 5.11 Å². The average Bonchev–Trinajstić information content (AvgIpc) is 2.67. The van der Waals surface area contributed by atoms with Crippen LogP contribution in [-0.2, 0) is 0 Å². The monoisotopic (exact) mass is 268 g/mol. The van der Waals surface area contributed by atoms with E-state index in [4.69, 9.17) is 5.11 Å². The molecule has 0 saturated carbocycles. The van der Waals surface area contributed by atoms with Crippen molar-refractivity contribution in [2.24, 2.45) is 0 Å². The van der Waals surface area contributed by atoms with E-state index in [-0.39, 0.29) is 19.0 Å². The Balaban J connectivity index is 0.00000120. The lowest BCUT2D eigenvalue weighted by Gasteiger charge is -2.34. The minimum atomic E-state index is 0. The summed E-state index contributed by atoms with van der Waals surface area (Å²) in [6, 6.07) is 7.30. The first kappa shape index (κ1) is 13.7. The second-order valence-corrected chi connectivity index (χ2v) is 5.26. The van der Waals surface area contributed by atoms with Gasteiger partial charge in [0.05, 0.1) is 6.61 Å². The Labute approximate surface area is 115 Å². The van der Waals surface area contributed by atoms with E-state index in [1.165, 1.54) is 23.2 Å². The highest BCUT2D eigenvalue weighted by molar-refractivity contribution is 5.85. The van der Waals surface area contributed by atoms with Crippen LogP contribution in [0.5, 0.6) is 0 Å². The molecule has 4 heteroatoms. The first-order valence-electron chi connectivity index (χ1n) is 6.48. The van der Waals surface area contributed by atoms with E-state index in [0.717, 1.165) is 19.6 Å². The Morgan fingerprint density at radius 2 is 2.28 bits per heavy atom. The Kier molecular flexibility index (Phi) is 4.15. The predicted molar refractivity (Wildman–Crippen MR) is 76.7 cm³/mol. The second-order valence-electron chi connectivity index (χ2n) is 5.26. The zero-order chi connectivity index (χ0) is 11.8. The number of aliphatic hydroxyl groups excluding tert-OH is 1. The summed E-state index contributed by atoms with van der Waals surface area (Å²) < 4.78 is 0. The van der Waals surface area contributed by atoms with Gasteiger partial charge in [0.25, 0.3) is 0 Å². The van der Waals surface area contributed by atoms with Crippen molar-refractivity contribution in [3.63, 3.8) is 0 Å². The van der Waals surface area contributed by atoms with E-state index in [1.807, 2.05) is 0 Å². The maximum Gasteiger partial charge on any atom is 0.0558 e. The normalized spacial score (nSPS) is 25.9. The number of rotatable bonds is 2. The SMILES string of the molecule is Cc1ccc2c(c1)[C@H]1CN(CCO)CC[C@H]1N2.Cl. The molecule has 100 valence electrons. The highest BCUT2D eigenvalue weighted by atomic mass is 35.5.